The largest absolute Gasteiger partial charge is 0.458 e. The van der Waals surface area contributed by atoms with E-state index < -0.39 is 23.7 Å². The molecule has 1 amide bonds. The fraction of sp³-hybridized carbons (Fsp3) is 0.286. The molecule has 7 nitrogen and oxygen atoms in total. The maximum absolute atomic E-state index is 13.2. The minimum atomic E-state index is -4.53. The number of likely N-dealkylation sites (tertiary alicyclic amines) is 1. The Morgan fingerprint density at radius 2 is 1.72 bits per heavy atom. The van der Waals surface area contributed by atoms with Gasteiger partial charge in [0.15, 0.2) is 11.6 Å². The number of rotatable bonds is 4. The van der Waals surface area contributed by atoms with E-state index in [2.05, 4.69) is 19.9 Å². The molecule has 1 unspecified atom stereocenters. The molecule has 1 aromatic carbocycles. The number of carbonyl (C=O) groups excluding carboxylic acids is 1. The fourth-order valence-electron chi connectivity index (χ4n) is 3.38. The summed E-state index contributed by atoms with van der Waals surface area (Å²) in [6.07, 6.45) is -0.410. The molecular formula is C21H17F4N5O2. The number of hydrogen-bond donors (Lipinski definition) is 0. The van der Waals surface area contributed by atoms with E-state index in [1.165, 1.54) is 0 Å². The molecule has 1 aliphatic rings. The van der Waals surface area contributed by atoms with Crippen LogP contribution in [0, 0.1) is 5.82 Å². The van der Waals surface area contributed by atoms with Gasteiger partial charge in [-0.05, 0) is 18.9 Å². The molecule has 0 spiro atoms. The van der Waals surface area contributed by atoms with E-state index in [9.17, 15) is 22.4 Å². The van der Waals surface area contributed by atoms with Crippen molar-refractivity contribution >= 4 is 5.91 Å². The Morgan fingerprint density at radius 1 is 1.03 bits per heavy atom. The lowest BCUT2D eigenvalue weighted by Gasteiger charge is -2.32. The lowest BCUT2D eigenvalue weighted by molar-refractivity contribution is -0.138. The number of hydrogen-bond acceptors (Lipinski definition) is 6. The predicted octanol–water partition coefficient (Wildman–Crippen LogP) is 3.78. The summed E-state index contributed by atoms with van der Waals surface area (Å²) in [6, 6.07) is 6.55. The third-order valence-corrected chi connectivity index (χ3v) is 4.91. The SMILES string of the molecule is O=C(c1ccccc1-c1ncc(F)cn1)N1CCCC(Oc2ncc(C(F)(F)F)cn2)C1. The number of piperidine rings is 1. The molecule has 1 fully saturated rings. The van der Waals surface area contributed by atoms with Gasteiger partial charge < -0.3 is 9.64 Å². The molecule has 166 valence electrons. The summed E-state index contributed by atoms with van der Waals surface area (Å²) in [7, 11) is 0. The van der Waals surface area contributed by atoms with Crippen LogP contribution in [-0.2, 0) is 6.18 Å². The van der Waals surface area contributed by atoms with Crippen molar-refractivity contribution in [3.63, 3.8) is 0 Å². The Bertz CT molecular complexity index is 1090. The van der Waals surface area contributed by atoms with Gasteiger partial charge in [-0.3, -0.25) is 4.79 Å². The maximum atomic E-state index is 13.2. The highest BCUT2D eigenvalue weighted by molar-refractivity contribution is 6.00. The second-order valence-corrected chi connectivity index (χ2v) is 7.16. The molecule has 0 radical (unpaired) electrons. The Morgan fingerprint density at radius 3 is 2.41 bits per heavy atom. The van der Waals surface area contributed by atoms with Crippen molar-refractivity contribution in [2.24, 2.45) is 0 Å². The van der Waals surface area contributed by atoms with Crippen LogP contribution in [0.3, 0.4) is 0 Å². The molecule has 0 bridgehead atoms. The molecule has 0 aliphatic carbocycles. The first kappa shape index (κ1) is 21.6. The fourth-order valence-corrected chi connectivity index (χ4v) is 3.38. The lowest BCUT2D eigenvalue weighted by atomic mass is 10.0. The number of halogens is 4. The summed E-state index contributed by atoms with van der Waals surface area (Å²) in [5, 5.41) is 0. The molecular weight excluding hydrogens is 430 g/mol. The van der Waals surface area contributed by atoms with E-state index in [0.29, 0.717) is 42.9 Å². The number of aromatic nitrogens is 4. The average Bonchev–Trinajstić information content (AvgIpc) is 2.79. The van der Waals surface area contributed by atoms with Gasteiger partial charge in [0.05, 0.1) is 30.1 Å². The normalized spacial score (nSPS) is 16.6. The summed E-state index contributed by atoms with van der Waals surface area (Å²) in [5.74, 6) is -0.646. The van der Waals surface area contributed by atoms with Crippen LogP contribution in [0.5, 0.6) is 6.01 Å². The van der Waals surface area contributed by atoms with Crippen LogP contribution < -0.4 is 4.74 Å². The van der Waals surface area contributed by atoms with Crippen LogP contribution in [0.25, 0.3) is 11.4 Å². The molecule has 0 saturated carbocycles. The molecule has 1 aliphatic heterocycles. The predicted molar refractivity (Wildman–Crippen MR) is 104 cm³/mol. The number of benzene rings is 1. The smallest absolute Gasteiger partial charge is 0.419 e. The zero-order valence-electron chi connectivity index (χ0n) is 16.6. The third-order valence-electron chi connectivity index (χ3n) is 4.91. The van der Waals surface area contributed by atoms with Crippen LogP contribution >= 0.6 is 0 Å². The Labute approximate surface area is 180 Å². The Balaban J connectivity index is 1.48. The number of nitrogens with zero attached hydrogens (tertiary/aromatic N) is 5. The third kappa shape index (κ3) is 4.82. The zero-order chi connectivity index (χ0) is 22.7. The standard InChI is InChI=1S/C21H17F4N5O2/c22-14-10-26-18(27-11-14)16-5-1-2-6-17(16)19(31)30-7-3-4-15(12-30)32-20-28-8-13(9-29-20)21(23,24)25/h1-2,5-6,8-11,15H,3-4,7,12H2. The first-order valence-electron chi connectivity index (χ1n) is 9.73. The van der Waals surface area contributed by atoms with Crippen LogP contribution in [0.4, 0.5) is 17.6 Å². The molecule has 1 saturated heterocycles. The van der Waals surface area contributed by atoms with Crippen molar-refractivity contribution in [1.82, 2.24) is 24.8 Å². The molecule has 2 aromatic heterocycles. The molecule has 1 atom stereocenters. The number of ether oxygens (including phenoxy) is 1. The molecule has 3 heterocycles. The first-order valence-corrected chi connectivity index (χ1v) is 9.73. The van der Waals surface area contributed by atoms with Gasteiger partial charge in [0.25, 0.3) is 5.91 Å². The van der Waals surface area contributed by atoms with Crippen molar-refractivity contribution in [1.29, 1.82) is 0 Å². The van der Waals surface area contributed by atoms with Gasteiger partial charge in [-0.15, -0.1) is 0 Å². The molecule has 3 aromatic rings. The van der Waals surface area contributed by atoms with Gasteiger partial charge in [-0.1, -0.05) is 18.2 Å². The molecule has 32 heavy (non-hydrogen) atoms. The van der Waals surface area contributed by atoms with Gasteiger partial charge in [0.1, 0.15) is 6.10 Å². The topological polar surface area (TPSA) is 81.1 Å². The summed E-state index contributed by atoms with van der Waals surface area (Å²) in [5.41, 5.74) is -0.151. The summed E-state index contributed by atoms with van der Waals surface area (Å²) >= 11 is 0. The number of amides is 1. The molecule has 11 heteroatoms. The Hall–Kier alpha value is -3.63. The minimum absolute atomic E-state index is 0.183. The van der Waals surface area contributed by atoms with E-state index in [0.717, 1.165) is 12.4 Å². The number of carbonyl (C=O) groups is 1. The van der Waals surface area contributed by atoms with Crippen LogP contribution in [-0.4, -0.2) is 49.9 Å². The highest BCUT2D eigenvalue weighted by atomic mass is 19.4. The highest BCUT2D eigenvalue weighted by Gasteiger charge is 2.32. The Kier molecular flexibility index (Phi) is 5.97. The maximum Gasteiger partial charge on any atom is 0.419 e. The second kappa shape index (κ2) is 8.85. The zero-order valence-corrected chi connectivity index (χ0v) is 16.6. The van der Waals surface area contributed by atoms with Crippen molar-refractivity contribution in [3.8, 4) is 17.4 Å². The van der Waals surface area contributed by atoms with Crippen molar-refractivity contribution < 1.29 is 27.1 Å². The van der Waals surface area contributed by atoms with Crippen molar-refractivity contribution in [3.05, 3.63) is 66.0 Å². The monoisotopic (exact) mass is 447 g/mol. The lowest BCUT2D eigenvalue weighted by Crippen LogP contribution is -2.44. The molecule has 4 rings (SSSR count). The first-order chi connectivity index (χ1) is 15.3. The van der Waals surface area contributed by atoms with Gasteiger partial charge in [-0.2, -0.15) is 13.2 Å². The second-order valence-electron chi connectivity index (χ2n) is 7.16. The molecule has 0 N–H and O–H groups in total. The van der Waals surface area contributed by atoms with Crippen LogP contribution in [0.15, 0.2) is 49.1 Å². The minimum Gasteiger partial charge on any atom is -0.458 e. The van der Waals surface area contributed by atoms with E-state index in [4.69, 9.17) is 4.74 Å². The quantitative estimate of drug-likeness (QED) is 0.567. The summed E-state index contributed by atoms with van der Waals surface area (Å²) in [4.78, 5) is 29.9. The van der Waals surface area contributed by atoms with Crippen molar-refractivity contribution in [2.45, 2.75) is 25.1 Å². The van der Waals surface area contributed by atoms with Crippen LogP contribution in [0.2, 0.25) is 0 Å². The van der Waals surface area contributed by atoms with E-state index in [1.54, 1.807) is 29.2 Å². The summed E-state index contributed by atoms with van der Waals surface area (Å²) < 4.78 is 56.8. The van der Waals surface area contributed by atoms with Gasteiger partial charge in [-0.25, -0.2) is 24.3 Å². The average molecular weight is 447 g/mol. The van der Waals surface area contributed by atoms with Crippen LogP contribution in [0.1, 0.15) is 28.8 Å². The highest BCUT2D eigenvalue weighted by Crippen LogP contribution is 2.29. The summed E-state index contributed by atoms with van der Waals surface area (Å²) in [6.45, 7) is 0.687. The van der Waals surface area contributed by atoms with Gasteiger partial charge >= 0.3 is 12.2 Å². The van der Waals surface area contributed by atoms with Gasteiger partial charge in [0.2, 0.25) is 0 Å². The van der Waals surface area contributed by atoms with Crippen molar-refractivity contribution in [2.75, 3.05) is 13.1 Å². The number of alkyl halides is 3. The van der Waals surface area contributed by atoms with E-state index in [1.807, 2.05) is 0 Å². The van der Waals surface area contributed by atoms with E-state index in [-0.39, 0.29) is 24.3 Å². The van der Waals surface area contributed by atoms with Gasteiger partial charge in [0, 0.05) is 24.5 Å². The van der Waals surface area contributed by atoms with E-state index >= 15 is 0 Å².